The van der Waals surface area contributed by atoms with Crippen LogP contribution in [0.4, 0.5) is 0 Å². The molecule has 18 heavy (non-hydrogen) atoms. The van der Waals surface area contributed by atoms with E-state index < -0.39 is 0 Å². The highest BCUT2D eigenvalue weighted by atomic mass is 16.3. The zero-order valence-corrected chi connectivity index (χ0v) is 11.8. The summed E-state index contributed by atoms with van der Waals surface area (Å²) in [4.78, 5) is 2.19. The molecule has 1 aromatic heterocycles. The first-order valence-corrected chi connectivity index (χ1v) is 6.34. The number of aliphatic hydroxyl groups is 1. The van der Waals surface area contributed by atoms with Gasteiger partial charge in [0.05, 0.1) is 5.69 Å². The molecule has 0 aliphatic heterocycles. The van der Waals surface area contributed by atoms with Crippen molar-refractivity contribution >= 4 is 0 Å². The van der Waals surface area contributed by atoms with Gasteiger partial charge in [0.15, 0.2) is 0 Å². The van der Waals surface area contributed by atoms with Gasteiger partial charge >= 0.3 is 0 Å². The van der Waals surface area contributed by atoms with Gasteiger partial charge in [-0.05, 0) is 34.4 Å². The largest absolute Gasteiger partial charge is 0.396 e. The molecule has 1 heterocycles. The molecule has 0 fully saturated rings. The number of nitrogens with one attached hydrogen (secondary N) is 1. The Morgan fingerprint density at radius 1 is 1.44 bits per heavy atom. The summed E-state index contributed by atoms with van der Waals surface area (Å²) in [7, 11) is 4.15. The van der Waals surface area contributed by atoms with Crippen molar-refractivity contribution in [3.8, 4) is 0 Å². The van der Waals surface area contributed by atoms with Crippen LogP contribution in [0.25, 0.3) is 0 Å². The molecule has 0 spiro atoms. The lowest BCUT2D eigenvalue weighted by molar-refractivity contribution is 0.189. The summed E-state index contributed by atoms with van der Waals surface area (Å²) < 4.78 is 1.77. The van der Waals surface area contributed by atoms with Gasteiger partial charge in [-0.2, -0.15) is 0 Å². The van der Waals surface area contributed by atoms with E-state index in [0.717, 1.165) is 18.8 Å². The van der Waals surface area contributed by atoms with Gasteiger partial charge in [-0.3, -0.25) is 4.68 Å². The summed E-state index contributed by atoms with van der Waals surface area (Å²) in [5, 5.41) is 20.2. The first-order valence-electron chi connectivity index (χ1n) is 6.34. The molecule has 0 atom stereocenters. The lowest BCUT2D eigenvalue weighted by Crippen LogP contribution is -2.46. The highest BCUT2D eigenvalue weighted by molar-refractivity contribution is 4.92. The second kappa shape index (κ2) is 6.82. The van der Waals surface area contributed by atoms with E-state index in [0.29, 0.717) is 13.0 Å². The number of nitrogens with zero attached hydrogens (tertiary/aromatic N) is 4. The Kier molecular flexibility index (Phi) is 5.71. The van der Waals surface area contributed by atoms with Crippen LogP contribution in [0.2, 0.25) is 0 Å². The van der Waals surface area contributed by atoms with E-state index >= 15 is 0 Å². The van der Waals surface area contributed by atoms with Gasteiger partial charge in [-0.1, -0.05) is 5.21 Å². The number of aliphatic hydroxyl groups excluding tert-OH is 1. The molecule has 0 unspecified atom stereocenters. The second-order valence-corrected chi connectivity index (χ2v) is 5.36. The average molecular weight is 255 g/mol. The van der Waals surface area contributed by atoms with Gasteiger partial charge in [0.2, 0.25) is 0 Å². The van der Waals surface area contributed by atoms with E-state index in [4.69, 9.17) is 5.11 Å². The predicted octanol–water partition coefficient (Wildman–Crippen LogP) is 0.0903. The fourth-order valence-corrected chi connectivity index (χ4v) is 1.42. The van der Waals surface area contributed by atoms with Crippen LogP contribution in [0.1, 0.15) is 26.0 Å². The molecule has 6 nitrogen and oxygen atoms in total. The quantitative estimate of drug-likeness (QED) is 0.689. The first-order chi connectivity index (χ1) is 8.45. The molecule has 1 aromatic rings. The summed E-state index contributed by atoms with van der Waals surface area (Å²) in [5.74, 6) is 0. The molecule has 104 valence electrons. The molecular weight excluding hydrogens is 230 g/mol. The van der Waals surface area contributed by atoms with Crippen molar-refractivity contribution in [1.29, 1.82) is 0 Å². The number of hydrogen-bond acceptors (Lipinski definition) is 5. The standard InChI is InChI=1S/C12H25N5O/c1-12(2,16(3)4)10-13-8-11-9-17(15-14-11)6-5-7-18/h9,13,18H,5-8,10H2,1-4H3. The van der Waals surface area contributed by atoms with Crippen LogP contribution in [0.15, 0.2) is 6.20 Å². The van der Waals surface area contributed by atoms with Crippen LogP contribution < -0.4 is 5.32 Å². The summed E-state index contributed by atoms with van der Waals surface area (Å²) in [6, 6.07) is 0. The monoisotopic (exact) mass is 255 g/mol. The minimum Gasteiger partial charge on any atom is -0.396 e. The minimum atomic E-state index is 0.118. The van der Waals surface area contributed by atoms with Crippen LogP contribution in [0, 0.1) is 0 Å². The molecule has 2 N–H and O–H groups in total. The molecule has 0 amide bonds. The Morgan fingerprint density at radius 2 is 2.17 bits per heavy atom. The lowest BCUT2D eigenvalue weighted by Gasteiger charge is -2.32. The molecule has 0 aromatic carbocycles. The Balaban J connectivity index is 2.33. The molecule has 0 saturated heterocycles. The van der Waals surface area contributed by atoms with E-state index in [1.807, 2.05) is 6.20 Å². The topological polar surface area (TPSA) is 66.2 Å². The van der Waals surface area contributed by atoms with Crippen LogP contribution in [0.5, 0.6) is 0 Å². The van der Waals surface area contributed by atoms with E-state index in [1.54, 1.807) is 4.68 Å². The second-order valence-electron chi connectivity index (χ2n) is 5.36. The van der Waals surface area contributed by atoms with Gasteiger partial charge in [0.25, 0.3) is 0 Å². The lowest BCUT2D eigenvalue weighted by atomic mass is 10.0. The molecule has 0 aliphatic rings. The van der Waals surface area contributed by atoms with E-state index in [2.05, 4.69) is 48.5 Å². The van der Waals surface area contributed by atoms with E-state index in [-0.39, 0.29) is 12.1 Å². The van der Waals surface area contributed by atoms with E-state index in [1.165, 1.54) is 0 Å². The number of aromatic nitrogens is 3. The molecule has 0 aliphatic carbocycles. The first kappa shape index (κ1) is 15.1. The smallest absolute Gasteiger partial charge is 0.0964 e. The molecule has 1 rings (SSSR count). The maximum atomic E-state index is 8.74. The van der Waals surface area contributed by atoms with E-state index in [9.17, 15) is 0 Å². The van der Waals surface area contributed by atoms with Crippen LogP contribution in [-0.2, 0) is 13.1 Å². The van der Waals surface area contributed by atoms with Crippen LogP contribution >= 0.6 is 0 Å². The Labute approximate surface area is 109 Å². The normalized spacial score (nSPS) is 12.3. The fourth-order valence-electron chi connectivity index (χ4n) is 1.42. The maximum Gasteiger partial charge on any atom is 0.0964 e. The number of aryl methyl sites for hydroxylation is 1. The van der Waals surface area contributed by atoms with Gasteiger partial charge in [0.1, 0.15) is 0 Å². The summed E-state index contributed by atoms with van der Waals surface area (Å²) in [5.41, 5.74) is 1.05. The van der Waals surface area contributed by atoms with Crippen molar-refractivity contribution in [2.75, 3.05) is 27.2 Å². The van der Waals surface area contributed by atoms with Gasteiger partial charge in [-0.15, -0.1) is 5.10 Å². The van der Waals surface area contributed by atoms with Crippen molar-refractivity contribution in [3.05, 3.63) is 11.9 Å². The minimum absolute atomic E-state index is 0.118. The van der Waals surface area contributed by atoms with Gasteiger partial charge < -0.3 is 15.3 Å². The Bertz CT molecular complexity index is 348. The SMILES string of the molecule is CN(C)C(C)(C)CNCc1cn(CCCO)nn1. The van der Waals surface area contributed by atoms with Crippen molar-refractivity contribution in [3.63, 3.8) is 0 Å². The third-order valence-corrected chi connectivity index (χ3v) is 3.21. The highest BCUT2D eigenvalue weighted by Gasteiger charge is 2.19. The number of likely N-dealkylation sites (N-methyl/N-ethyl adjacent to an activating group) is 1. The molecule has 0 saturated carbocycles. The molecular formula is C12H25N5O. The van der Waals surface area contributed by atoms with Gasteiger partial charge in [0, 0.05) is 38.0 Å². The highest BCUT2D eigenvalue weighted by Crippen LogP contribution is 2.08. The molecule has 6 heteroatoms. The maximum absolute atomic E-state index is 8.74. The van der Waals surface area contributed by atoms with Crippen molar-refractivity contribution < 1.29 is 5.11 Å². The number of hydrogen-bond donors (Lipinski definition) is 2. The Morgan fingerprint density at radius 3 is 2.78 bits per heavy atom. The Hall–Kier alpha value is -0.980. The van der Waals surface area contributed by atoms with Crippen molar-refractivity contribution in [2.45, 2.75) is 38.9 Å². The third-order valence-electron chi connectivity index (χ3n) is 3.21. The third kappa shape index (κ3) is 4.72. The zero-order chi connectivity index (χ0) is 13.6. The molecule has 0 bridgehead atoms. The summed E-state index contributed by atoms with van der Waals surface area (Å²) >= 11 is 0. The van der Waals surface area contributed by atoms with Crippen LogP contribution in [-0.4, -0.2) is 57.8 Å². The predicted molar refractivity (Wildman–Crippen MR) is 71.2 cm³/mol. The average Bonchev–Trinajstić information content (AvgIpc) is 2.74. The van der Waals surface area contributed by atoms with Crippen molar-refractivity contribution in [2.24, 2.45) is 0 Å². The zero-order valence-electron chi connectivity index (χ0n) is 11.8. The summed E-state index contributed by atoms with van der Waals surface area (Å²) in [6.45, 7) is 6.90. The summed E-state index contributed by atoms with van der Waals surface area (Å²) in [6.07, 6.45) is 2.63. The fraction of sp³-hybridized carbons (Fsp3) is 0.833. The van der Waals surface area contributed by atoms with Crippen LogP contribution in [0.3, 0.4) is 0 Å². The van der Waals surface area contributed by atoms with Crippen molar-refractivity contribution in [1.82, 2.24) is 25.2 Å². The molecule has 0 radical (unpaired) electrons. The van der Waals surface area contributed by atoms with Gasteiger partial charge in [-0.25, -0.2) is 0 Å². The number of rotatable bonds is 8.